The Hall–Kier alpha value is -1.79. The number of ether oxygens (including phenoxy) is 1. The maximum absolute atomic E-state index is 12.5. The molecule has 1 aliphatic heterocycles. The summed E-state index contributed by atoms with van der Waals surface area (Å²) in [6.45, 7) is 2.67. The zero-order valence-corrected chi connectivity index (χ0v) is 14.5. The number of methoxy groups -OCH3 is 1. The molecule has 0 bridgehead atoms. The van der Waals surface area contributed by atoms with Crippen LogP contribution in [0.15, 0.2) is 24.3 Å². The second-order valence-corrected chi connectivity index (χ2v) is 5.61. The van der Waals surface area contributed by atoms with Gasteiger partial charge in [0.15, 0.2) is 0 Å². The summed E-state index contributed by atoms with van der Waals surface area (Å²) in [6, 6.07) is 7.30. The molecule has 2 amide bonds. The molecule has 6 nitrogen and oxygen atoms in total. The maximum atomic E-state index is 12.5. The van der Waals surface area contributed by atoms with E-state index in [0.29, 0.717) is 24.5 Å². The third-order valence-corrected chi connectivity index (χ3v) is 4.20. The molecule has 0 spiro atoms. The van der Waals surface area contributed by atoms with Crippen molar-refractivity contribution in [1.29, 1.82) is 0 Å². The van der Waals surface area contributed by atoms with Crippen molar-refractivity contribution in [2.45, 2.75) is 19.4 Å². The molecule has 1 aromatic rings. The summed E-state index contributed by atoms with van der Waals surface area (Å²) in [5.41, 5.74) is 6.31. The van der Waals surface area contributed by atoms with E-state index in [0.717, 1.165) is 0 Å². The third-order valence-electron chi connectivity index (χ3n) is 4.20. The van der Waals surface area contributed by atoms with E-state index in [1.807, 2.05) is 25.1 Å². The molecule has 2 unspecified atom stereocenters. The van der Waals surface area contributed by atoms with Gasteiger partial charge in [-0.15, -0.1) is 12.4 Å². The Labute approximate surface area is 143 Å². The van der Waals surface area contributed by atoms with Crippen LogP contribution in [0.4, 0.5) is 5.69 Å². The molecule has 23 heavy (non-hydrogen) atoms. The van der Waals surface area contributed by atoms with Gasteiger partial charge >= 0.3 is 0 Å². The average Bonchev–Trinajstić information content (AvgIpc) is 2.94. The quantitative estimate of drug-likeness (QED) is 0.875. The first-order valence-corrected chi connectivity index (χ1v) is 7.39. The topological polar surface area (TPSA) is 75.9 Å². The highest BCUT2D eigenvalue weighted by molar-refractivity contribution is 6.01. The fourth-order valence-electron chi connectivity index (χ4n) is 2.62. The third kappa shape index (κ3) is 3.95. The normalized spacial score (nSPS) is 18.3. The van der Waals surface area contributed by atoms with E-state index in [4.69, 9.17) is 10.5 Å². The lowest BCUT2D eigenvalue weighted by Gasteiger charge is -2.26. The van der Waals surface area contributed by atoms with E-state index in [-0.39, 0.29) is 42.6 Å². The van der Waals surface area contributed by atoms with Crippen LogP contribution in [0.3, 0.4) is 0 Å². The minimum atomic E-state index is -0.337. The Kier molecular flexibility index (Phi) is 6.84. The SMILES string of the molecule is COc1ccccc1N1CC(C(=O)N(C)C(C)CN)CC1=O.Cl. The molecule has 2 rings (SSSR count). The van der Waals surface area contributed by atoms with Crippen molar-refractivity contribution in [3.8, 4) is 5.75 Å². The van der Waals surface area contributed by atoms with Gasteiger partial charge in [0.05, 0.1) is 18.7 Å². The molecule has 1 aromatic carbocycles. The summed E-state index contributed by atoms with van der Waals surface area (Å²) in [5, 5.41) is 0. The summed E-state index contributed by atoms with van der Waals surface area (Å²) in [7, 11) is 3.30. The number of hydrogen-bond acceptors (Lipinski definition) is 4. The van der Waals surface area contributed by atoms with Crippen molar-refractivity contribution in [3.05, 3.63) is 24.3 Å². The van der Waals surface area contributed by atoms with Gasteiger partial charge in [-0.25, -0.2) is 0 Å². The van der Waals surface area contributed by atoms with Crippen LogP contribution >= 0.6 is 12.4 Å². The van der Waals surface area contributed by atoms with Crippen molar-refractivity contribution in [2.24, 2.45) is 11.7 Å². The summed E-state index contributed by atoms with van der Waals surface area (Å²) >= 11 is 0. The number of nitrogens with two attached hydrogens (primary N) is 1. The first-order valence-electron chi connectivity index (χ1n) is 7.39. The van der Waals surface area contributed by atoms with Crippen LogP contribution in [-0.2, 0) is 9.59 Å². The highest BCUT2D eigenvalue weighted by atomic mass is 35.5. The van der Waals surface area contributed by atoms with E-state index in [1.54, 1.807) is 30.0 Å². The number of carbonyl (C=O) groups is 2. The molecule has 1 aliphatic rings. The van der Waals surface area contributed by atoms with E-state index in [1.165, 1.54) is 0 Å². The molecule has 1 fully saturated rings. The molecular weight excluding hydrogens is 318 g/mol. The van der Waals surface area contributed by atoms with Gasteiger partial charge < -0.3 is 20.3 Å². The molecule has 0 saturated carbocycles. The monoisotopic (exact) mass is 341 g/mol. The van der Waals surface area contributed by atoms with Gasteiger partial charge in [0.1, 0.15) is 5.75 Å². The molecule has 0 radical (unpaired) electrons. The Bertz CT molecular complexity index is 567. The van der Waals surface area contributed by atoms with Crippen LogP contribution in [0.2, 0.25) is 0 Å². The summed E-state index contributed by atoms with van der Waals surface area (Å²) < 4.78 is 5.30. The minimum absolute atomic E-state index is 0. The number of rotatable bonds is 5. The number of amides is 2. The van der Waals surface area contributed by atoms with Crippen LogP contribution in [-0.4, -0.2) is 50.0 Å². The van der Waals surface area contributed by atoms with Crippen LogP contribution in [0.1, 0.15) is 13.3 Å². The van der Waals surface area contributed by atoms with Crippen LogP contribution in [0.5, 0.6) is 5.75 Å². The summed E-state index contributed by atoms with van der Waals surface area (Å²) in [6.07, 6.45) is 0.221. The average molecular weight is 342 g/mol. The van der Waals surface area contributed by atoms with Crippen molar-refractivity contribution >= 4 is 29.9 Å². The molecule has 2 N–H and O–H groups in total. The van der Waals surface area contributed by atoms with Crippen LogP contribution < -0.4 is 15.4 Å². The lowest BCUT2D eigenvalue weighted by atomic mass is 10.1. The number of anilines is 1. The number of halogens is 1. The maximum Gasteiger partial charge on any atom is 0.228 e. The van der Waals surface area contributed by atoms with Crippen molar-refractivity contribution < 1.29 is 14.3 Å². The van der Waals surface area contributed by atoms with Gasteiger partial charge in [-0.3, -0.25) is 9.59 Å². The van der Waals surface area contributed by atoms with E-state index in [2.05, 4.69) is 0 Å². The molecule has 1 saturated heterocycles. The number of carbonyl (C=O) groups excluding carboxylic acids is 2. The first-order chi connectivity index (χ1) is 10.5. The van der Waals surface area contributed by atoms with Crippen LogP contribution in [0, 0.1) is 5.92 Å². The van der Waals surface area contributed by atoms with Gasteiger partial charge in [0.25, 0.3) is 0 Å². The highest BCUT2D eigenvalue weighted by Crippen LogP contribution is 2.33. The second kappa shape index (κ2) is 8.17. The van der Waals surface area contributed by atoms with Gasteiger partial charge in [0.2, 0.25) is 11.8 Å². The Morgan fingerprint density at radius 1 is 1.48 bits per heavy atom. The number of nitrogens with zero attached hydrogens (tertiary/aromatic N) is 2. The largest absolute Gasteiger partial charge is 0.495 e. The minimum Gasteiger partial charge on any atom is -0.495 e. The van der Waals surface area contributed by atoms with E-state index in [9.17, 15) is 9.59 Å². The van der Waals surface area contributed by atoms with Crippen molar-refractivity contribution in [1.82, 2.24) is 4.90 Å². The first kappa shape index (κ1) is 19.3. The predicted molar refractivity (Wildman–Crippen MR) is 92.0 cm³/mol. The fraction of sp³-hybridized carbons (Fsp3) is 0.500. The molecule has 128 valence electrons. The molecular formula is C16H24ClN3O3. The Balaban J connectivity index is 0.00000264. The summed E-state index contributed by atoms with van der Waals surface area (Å²) in [5.74, 6) is 0.199. The van der Waals surface area contributed by atoms with E-state index < -0.39 is 0 Å². The lowest BCUT2D eigenvalue weighted by molar-refractivity contribution is -0.136. The zero-order chi connectivity index (χ0) is 16.3. The number of likely N-dealkylation sites (N-methyl/N-ethyl adjacent to an activating group) is 1. The number of benzene rings is 1. The second-order valence-electron chi connectivity index (χ2n) is 5.61. The van der Waals surface area contributed by atoms with Crippen molar-refractivity contribution in [2.75, 3.05) is 32.1 Å². The van der Waals surface area contributed by atoms with Crippen molar-refractivity contribution in [3.63, 3.8) is 0 Å². The number of para-hydroxylation sites is 2. The van der Waals surface area contributed by atoms with Gasteiger partial charge in [-0.1, -0.05) is 12.1 Å². The van der Waals surface area contributed by atoms with Gasteiger partial charge in [-0.05, 0) is 19.1 Å². The Morgan fingerprint density at radius 2 is 2.13 bits per heavy atom. The van der Waals surface area contributed by atoms with Gasteiger partial charge in [0, 0.05) is 32.6 Å². The lowest BCUT2D eigenvalue weighted by Crippen LogP contribution is -2.43. The Morgan fingerprint density at radius 3 is 2.74 bits per heavy atom. The van der Waals surface area contributed by atoms with E-state index >= 15 is 0 Å². The smallest absolute Gasteiger partial charge is 0.228 e. The zero-order valence-electron chi connectivity index (χ0n) is 13.7. The molecule has 2 atom stereocenters. The van der Waals surface area contributed by atoms with Gasteiger partial charge in [-0.2, -0.15) is 0 Å². The van der Waals surface area contributed by atoms with Crippen LogP contribution in [0.25, 0.3) is 0 Å². The molecule has 0 aliphatic carbocycles. The molecule has 0 aromatic heterocycles. The molecule has 1 heterocycles. The highest BCUT2D eigenvalue weighted by Gasteiger charge is 2.38. The standard InChI is InChI=1S/C16H23N3O3.ClH/c1-11(9-17)18(2)16(21)12-8-15(20)19(10-12)13-6-4-5-7-14(13)22-3;/h4-7,11-12H,8-10,17H2,1-3H3;1H. The fourth-order valence-corrected chi connectivity index (χ4v) is 2.62. The summed E-state index contributed by atoms with van der Waals surface area (Å²) in [4.78, 5) is 28.0. The number of hydrogen-bond donors (Lipinski definition) is 1. The molecule has 7 heteroatoms. The predicted octanol–water partition coefficient (Wildman–Crippen LogP) is 1.28.